The van der Waals surface area contributed by atoms with E-state index in [2.05, 4.69) is 19.9 Å². The minimum Gasteiger partial charge on any atom is -0.326 e. The van der Waals surface area contributed by atoms with Crippen molar-refractivity contribution in [1.29, 1.82) is 0 Å². The molecule has 2 N–H and O–H groups in total. The molecular weight excluding hydrogens is 504 g/mol. The van der Waals surface area contributed by atoms with Gasteiger partial charge >= 0.3 is 11.4 Å². The van der Waals surface area contributed by atoms with Gasteiger partial charge < -0.3 is 9.97 Å². The monoisotopic (exact) mass is 534 g/mol. The molecule has 0 aromatic carbocycles. The SMILES string of the molecule is CCn1c(=O)n(CC(C)C)c(=O)c2[nH]c(SSc3nc4c([nH]3)c(=O)n(CC(C)C)c(=O)n4CC)nc21. The van der Waals surface area contributed by atoms with Crippen LogP contribution in [0.2, 0.25) is 0 Å². The molecule has 0 radical (unpaired) electrons. The predicted molar refractivity (Wildman–Crippen MR) is 142 cm³/mol. The van der Waals surface area contributed by atoms with Crippen molar-refractivity contribution >= 4 is 43.9 Å². The fourth-order valence-corrected chi connectivity index (χ4v) is 5.71. The summed E-state index contributed by atoms with van der Waals surface area (Å²) in [6, 6.07) is 0. The van der Waals surface area contributed by atoms with E-state index in [0.717, 1.165) is 0 Å². The molecule has 194 valence electrons. The van der Waals surface area contributed by atoms with Crippen molar-refractivity contribution in [2.45, 2.75) is 78.0 Å². The molecule has 4 rings (SSSR count). The maximum Gasteiger partial charge on any atom is 0.332 e. The van der Waals surface area contributed by atoms with E-state index in [1.807, 2.05) is 41.5 Å². The van der Waals surface area contributed by atoms with Gasteiger partial charge in [0.05, 0.1) is 0 Å². The molecule has 0 aliphatic heterocycles. The molecule has 0 atom stereocenters. The average molecular weight is 535 g/mol. The molecule has 4 aromatic heterocycles. The van der Waals surface area contributed by atoms with Crippen molar-refractivity contribution in [3.63, 3.8) is 0 Å². The average Bonchev–Trinajstić information content (AvgIpc) is 3.43. The lowest BCUT2D eigenvalue weighted by Gasteiger charge is -2.11. The number of aryl methyl sites for hydroxylation is 2. The van der Waals surface area contributed by atoms with Gasteiger partial charge in [-0.2, -0.15) is 0 Å². The predicted octanol–water partition coefficient (Wildman–Crippen LogP) is 2.24. The van der Waals surface area contributed by atoms with Crippen LogP contribution in [0.1, 0.15) is 41.5 Å². The van der Waals surface area contributed by atoms with Crippen molar-refractivity contribution in [2.75, 3.05) is 0 Å². The number of hydrogen-bond acceptors (Lipinski definition) is 8. The van der Waals surface area contributed by atoms with Crippen LogP contribution >= 0.6 is 21.6 Å². The first kappa shape index (κ1) is 26.1. The summed E-state index contributed by atoms with van der Waals surface area (Å²) in [6.07, 6.45) is 0. The first-order valence-corrected chi connectivity index (χ1v) is 14.0. The summed E-state index contributed by atoms with van der Waals surface area (Å²) >= 11 is 0. The summed E-state index contributed by atoms with van der Waals surface area (Å²) in [6.45, 7) is 12.8. The number of hydrogen-bond donors (Lipinski definition) is 2. The van der Waals surface area contributed by atoms with E-state index in [4.69, 9.17) is 0 Å². The molecule has 0 amide bonds. The highest BCUT2D eigenvalue weighted by Gasteiger charge is 2.20. The molecule has 0 saturated carbocycles. The van der Waals surface area contributed by atoms with Crippen LogP contribution in [0, 0.1) is 11.8 Å². The summed E-state index contributed by atoms with van der Waals surface area (Å²) in [5, 5.41) is 0.836. The second-order valence-electron chi connectivity index (χ2n) is 9.32. The molecule has 36 heavy (non-hydrogen) atoms. The fraction of sp³-hybridized carbons (Fsp3) is 0.545. The van der Waals surface area contributed by atoms with Crippen molar-refractivity contribution in [3.8, 4) is 0 Å². The molecule has 0 bridgehead atoms. The highest BCUT2D eigenvalue weighted by molar-refractivity contribution is 8.76. The van der Waals surface area contributed by atoms with Crippen molar-refractivity contribution in [3.05, 3.63) is 41.7 Å². The highest BCUT2D eigenvalue weighted by Crippen LogP contribution is 2.35. The molecule has 0 fully saturated rings. The summed E-state index contributed by atoms with van der Waals surface area (Å²) < 4.78 is 5.43. The van der Waals surface area contributed by atoms with Crippen LogP contribution in [-0.2, 0) is 26.2 Å². The van der Waals surface area contributed by atoms with E-state index in [9.17, 15) is 19.2 Å². The van der Waals surface area contributed by atoms with Gasteiger partial charge in [-0.25, -0.2) is 19.6 Å². The van der Waals surface area contributed by atoms with Crippen molar-refractivity contribution in [1.82, 2.24) is 38.2 Å². The number of aromatic nitrogens is 8. The van der Waals surface area contributed by atoms with Crippen LogP contribution < -0.4 is 22.5 Å². The minimum atomic E-state index is -0.404. The van der Waals surface area contributed by atoms with Crippen LogP contribution in [-0.4, -0.2) is 38.2 Å². The Morgan fingerprint density at radius 2 is 1.03 bits per heavy atom. The number of nitrogens with zero attached hydrogens (tertiary/aromatic N) is 6. The van der Waals surface area contributed by atoms with Gasteiger partial charge in [0, 0.05) is 26.2 Å². The van der Waals surface area contributed by atoms with Crippen LogP contribution in [0.4, 0.5) is 0 Å². The Hall–Kier alpha value is -3.00. The lowest BCUT2D eigenvalue weighted by Crippen LogP contribution is -2.40. The van der Waals surface area contributed by atoms with Gasteiger partial charge in [-0.3, -0.25) is 27.9 Å². The largest absolute Gasteiger partial charge is 0.332 e. The highest BCUT2D eigenvalue weighted by atomic mass is 33.1. The zero-order chi connectivity index (χ0) is 26.3. The lowest BCUT2D eigenvalue weighted by atomic mass is 10.2. The third-order valence-corrected chi connectivity index (χ3v) is 7.59. The first-order valence-electron chi connectivity index (χ1n) is 11.9. The Balaban J connectivity index is 1.72. The van der Waals surface area contributed by atoms with Gasteiger partial charge in [0.25, 0.3) is 11.1 Å². The van der Waals surface area contributed by atoms with E-state index in [0.29, 0.717) is 47.8 Å². The van der Waals surface area contributed by atoms with Crippen LogP contribution in [0.5, 0.6) is 0 Å². The Morgan fingerprint density at radius 1 is 0.667 bits per heavy atom. The molecule has 14 heteroatoms. The van der Waals surface area contributed by atoms with E-state index in [1.165, 1.54) is 39.9 Å². The number of aromatic amines is 2. The standard InChI is InChI=1S/C22H30N8O4S2/c1-7-27-15-13(17(31)29(21(27)33)9-11(3)4)23-19(25-15)35-36-20-24-14-16(26-20)28(8-2)22(34)30(18(14)32)10-12(5)6/h11-12H,7-10H2,1-6H3,(H,23,25)(H,24,26). The van der Waals surface area contributed by atoms with E-state index >= 15 is 0 Å². The van der Waals surface area contributed by atoms with Gasteiger partial charge in [-0.15, -0.1) is 0 Å². The normalized spacial score (nSPS) is 12.1. The molecule has 0 spiro atoms. The maximum absolute atomic E-state index is 13.0. The lowest BCUT2D eigenvalue weighted by molar-refractivity contribution is 0.478. The third kappa shape index (κ3) is 4.59. The Kier molecular flexibility index (Phi) is 7.36. The zero-order valence-electron chi connectivity index (χ0n) is 21.1. The smallest absolute Gasteiger partial charge is 0.326 e. The van der Waals surface area contributed by atoms with Gasteiger partial charge in [0.15, 0.2) is 32.6 Å². The van der Waals surface area contributed by atoms with Crippen LogP contribution in [0.15, 0.2) is 29.5 Å². The Labute approximate surface area is 213 Å². The quantitative estimate of drug-likeness (QED) is 0.311. The van der Waals surface area contributed by atoms with Gasteiger partial charge in [-0.1, -0.05) is 27.7 Å². The van der Waals surface area contributed by atoms with E-state index < -0.39 is 11.1 Å². The number of imidazole rings is 2. The Bertz CT molecular complexity index is 1540. The van der Waals surface area contributed by atoms with E-state index in [1.54, 1.807) is 0 Å². The topological polar surface area (TPSA) is 145 Å². The number of fused-ring (bicyclic) bond motifs is 2. The first-order chi connectivity index (χ1) is 17.1. The maximum atomic E-state index is 13.0. The molecule has 4 heterocycles. The summed E-state index contributed by atoms with van der Waals surface area (Å²) in [7, 11) is 2.41. The second-order valence-corrected chi connectivity index (χ2v) is 11.4. The van der Waals surface area contributed by atoms with Crippen LogP contribution in [0.25, 0.3) is 22.3 Å². The van der Waals surface area contributed by atoms with E-state index in [-0.39, 0.29) is 34.2 Å². The molecule has 0 aliphatic rings. The van der Waals surface area contributed by atoms with Gasteiger partial charge in [-0.05, 0) is 47.3 Å². The Morgan fingerprint density at radius 3 is 1.33 bits per heavy atom. The van der Waals surface area contributed by atoms with Crippen molar-refractivity contribution < 1.29 is 0 Å². The summed E-state index contributed by atoms with van der Waals surface area (Å²) in [5.41, 5.74) is -0.437. The molecule has 0 saturated heterocycles. The molecule has 12 nitrogen and oxygen atoms in total. The number of H-pyrrole nitrogens is 2. The molecule has 0 aliphatic carbocycles. The minimum absolute atomic E-state index is 0.129. The number of rotatable bonds is 9. The van der Waals surface area contributed by atoms with Gasteiger partial charge in [0.1, 0.15) is 0 Å². The molecule has 0 unspecified atom stereocenters. The molecular formula is C22H30N8O4S2. The zero-order valence-corrected chi connectivity index (χ0v) is 22.7. The molecule has 4 aromatic rings. The summed E-state index contributed by atoms with van der Waals surface area (Å²) in [4.78, 5) is 66.7. The second kappa shape index (κ2) is 10.2. The number of nitrogens with one attached hydrogen (secondary N) is 2. The van der Waals surface area contributed by atoms with Crippen LogP contribution in [0.3, 0.4) is 0 Å². The third-order valence-electron chi connectivity index (χ3n) is 5.61. The van der Waals surface area contributed by atoms with Gasteiger partial charge in [0.2, 0.25) is 0 Å². The summed E-state index contributed by atoms with van der Waals surface area (Å²) in [5.74, 6) is 0.258. The fourth-order valence-electron chi connectivity index (χ4n) is 4.07. The van der Waals surface area contributed by atoms with Crippen molar-refractivity contribution in [2.24, 2.45) is 11.8 Å².